The van der Waals surface area contributed by atoms with Crippen LogP contribution < -0.4 is 0 Å². The van der Waals surface area contributed by atoms with Crippen molar-refractivity contribution in [1.29, 1.82) is 0 Å². The van der Waals surface area contributed by atoms with Gasteiger partial charge < -0.3 is 9.52 Å². The molecule has 0 spiro atoms. The Balaban J connectivity index is 2.75. The molecule has 0 atom stereocenters. The summed E-state index contributed by atoms with van der Waals surface area (Å²) in [5, 5.41) is 9.76. The number of hydrogen-bond acceptors (Lipinski definition) is 2. The maximum Gasteiger partial charge on any atom is 0.371 e. The Morgan fingerprint density at radius 2 is 2.23 bits per heavy atom. The summed E-state index contributed by atoms with van der Waals surface area (Å²) in [5.41, 5.74) is 0.418. The first-order chi connectivity index (χ1) is 6.18. The van der Waals surface area contributed by atoms with Crippen molar-refractivity contribution in [2.24, 2.45) is 0 Å². The summed E-state index contributed by atoms with van der Waals surface area (Å²) >= 11 is 5.79. The van der Waals surface area contributed by atoms with E-state index < -0.39 is 5.97 Å². The van der Waals surface area contributed by atoms with Crippen LogP contribution in [0.15, 0.2) is 28.7 Å². The largest absolute Gasteiger partial charge is 0.475 e. The third kappa shape index (κ3) is 1.27. The minimum absolute atomic E-state index is 0.0944. The summed E-state index contributed by atoms with van der Waals surface area (Å²) in [6.07, 6.45) is 0. The lowest BCUT2D eigenvalue weighted by Crippen LogP contribution is -1.91. The minimum atomic E-state index is -1.09. The molecule has 0 aliphatic carbocycles. The first-order valence-corrected chi connectivity index (χ1v) is 3.97. The normalized spacial score (nSPS) is 10.5. The number of carboxylic acids is 1. The highest BCUT2D eigenvalue weighted by Gasteiger charge is 2.11. The molecular formula is C9H5ClO3. The van der Waals surface area contributed by atoms with Gasteiger partial charge >= 0.3 is 5.97 Å². The summed E-state index contributed by atoms with van der Waals surface area (Å²) in [5.74, 6) is -1.18. The fourth-order valence-corrected chi connectivity index (χ4v) is 1.35. The van der Waals surface area contributed by atoms with E-state index in [0.29, 0.717) is 16.0 Å². The summed E-state index contributed by atoms with van der Waals surface area (Å²) in [6.45, 7) is 0. The van der Waals surface area contributed by atoms with Gasteiger partial charge in [-0.2, -0.15) is 0 Å². The van der Waals surface area contributed by atoms with Crippen molar-refractivity contribution in [2.45, 2.75) is 0 Å². The fourth-order valence-electron chi connectivity index (χ4n) is 1.13. The van der Waals surface area contributed by atoms with Gasteiger partial charge in [0.25, 0.3) is 0 Å². The average molecular weight is 197 g/mol. The van der Waals surface area contributed by atoms with Crippen LogP contribution in [0.5, 0.6) is 0 Å². The number of carboxylic acid groups (broad SMARTS) is 1. The SMILES string of the molecule is O=C(O)c1cc2cccc(Cl)c2o1. The summed E-state index contributed by atoms with van der Waals surface area (Å²) in [4.78, 5) is 10.5. The quantitative estimate of drug-likeness (QED) is 0.763. The highest BCUT2D eigenvalue weighted by atomic mass is 35.5. The number of carbonyl (C=O) groups is 1. The molecule has 0 amide bonds. The Bertz CT molecular complexity index is 473. The van der Waals surface area contributed by atoms with Gasteiger partial charge in [-0.25, -0.2) is 4.79 Å². The molecule has 0 unspecified atom stereocenters. The smallest absolute Gasteiger partial charge is 0.371 e. The second-order valence-electron chi connectivity index (χ2n) is 2.57. The van der Waals surface area contributed by atoms with Gasteiger partial charge in [0, 0.05) is 5.39 Å². The van der Waals surface area contributed by atoms with E-state index in [9.17, 15) is 4.79 Å². The molecule has 4 heteroatoms. The van der Waals surface area contributed by atoms with Crippen molar-refractivity contribution < 1.29 is 14.3 Å². The summed E-state index contributed by atoms with van der Waals surface area (Å²) < 4.78 is 5.03. The van der Waals surface area contributed by atoms with Gasteiger partial charge in [-0.1, -0.05) is 23.7 Å². The van der Waals surface area contributed by atoms with Crippen molar-refractivity contribution >= 4 is 28.5 Å². The molecule has 1 heterocycles. The molecule has 3 nitrogen and oxygen atoms in total. The predicted molar refractivity (Wildman–Crippen MR) is 48.2 cm³/mol. The van der Waals surface area contributed by atoms with Crippen molar-refractivity contribution in [3.63, 3.8) is 0 Å². The van der Waals surface area contributed by atoms with Crippen LogP contribution in [-0.2, 0) is 0 Å². The van der Waals surface area contributed by atoms with Crippen LogP contribution >= 0.6 is 11.6 Å². The maximum atomic E-state index is 10.5. The lowest BCUT2D eigenvalue weighted by atomic mass is 10.2. The molecule has 1 N–H and O–H groups in total. The number of furan rings is 1. The molecule has 0 radical (unpaired) electrons. The fraction of sp³-hybridized carbons (Fsp3) is 0. The van der Waals surface area contributed by atoms with Crippen LogP contribution in [-0.4, -0.2) is 11.1 Å². The molecule has 1 aromatic heterocycles. The Labute approximate surface area is 78.5 Å². The lowest BCUT2D eigenvalue weighted by molar-refractivity contribution is 0.0665. The van der Waals surface area contributed by atoms with Gasteiger partial charge in [0.2, 0.25) is 5.76 Å². The summed E-state index contributed by atoms with van der Waals surface area (Å²) in [7, 11) is 0. The Morgan fingerprint density at radius 3 is 2.85 bits per heavy atom. The van der Waals surface area contributed by atoms with Gasteiger partial charge in [-0.15, -0.1) is 0 Å². The van der Waals surface area contributed by atoms with Crippen molar-refractivity contribution in [3.8, 4) is 0 Å². The zero-order valence-electron chi connectivity index (χ0n) is 6.45. The zero-order valence-corrected chi connectivity index (χ0v) is 7.21. The van der Waals surface area contributed by atoms with Gasteiger partial charge in [0.15, 0.2) is 5.58 Å². The van der Waals surface area contributed by atoms with E-state index in [1.165, 1.54) is 6.07 Å². The molecular weight excluding hydrogens is 192 g/mol. The molecule has 0 saturated heterocycles. The van der Waals surface area contributed by atoms with Gasteiger partial charge in [-0.05, 0) is 12.1 Å². The third-order valence-corrected chi connectivity index (χ3v) is 2.00. The number of benzene rings is 1. The maximum absolute atomic E-state index is 10.5. The van der Waals surface area contributed by atoms with Crippen LogP contribution in [0.1, 0.15) is 10.6 Å². The number of aromatic carboxylic acids is 1. The van der Waals surface area contributed by atoms with Crippen LogP contribution in [0.25, 0.3) is 11.0 Å². The van der Waals surface area contributed by atoms with E-state index in [4.69, 9.17) is 21.1 Å². The molecule has 0 aliphatic heterocycles. The van der Waals surface area contributed by atoms with E-state index in [0.717, 1.165) is 0 Å². The average Bonchev–Trinajstić information content (AvgIpc) is 2.49. The molecule has 0 fully saturated rings. The van der Waals surface area contributed by atoms with E-state index in [2.05, 4.69) is 0 Å². The summed E-state index contributed by atoms with van der Waals surface area (Å²) in [6, 6.07) is 6.59. The Kier molecular flexibility index (Phi) is 1.74. The number of halogens is 1. The molecule has 0 bridgehead atoms. The Morgan fingerprint density at radius 1 is 1.46 bits per heavy atom. The standard InChI is InChI=1S/C9H5ClO3/c10-6-3-1-2-5-4-7(9(11)12)13-8(5)6/h1-4H,(H,11,12). The van der Waals surface area contributed by atoms with Gasteiger partial charge in [0.1, 0.15) is 0 Å². The van der Waals surface area contributed by atoms with Gasteiger partial charge in [0.05, 0.1) is 5.02 Å². The molecule has 0 aliphatic rings. The lowest BCUT2D eigenvalue weighted by Gasteiger charge is -1.89. The van der Waals surface area contributed by atoms with Crippen molar-refractivity contribution in [1.82, 2.24) is 0 Å². The van der Waals surface area contributed by atoms with Crippen LogP contribution in [0.3, 0.4) is 0 Å². The molecule has 13 heavy (non-hydrogen) atoms. The van der Waals surface area contributed by atoms with E-state index in [1.54, 1.807) is 18.2 Å². The molecule has 0 saturated carbocycles. The topological polar surface area (TPSA) is 50.4 Å². The van der Waals surface area contributed by atoms with Crippen molar-refractivity contribution in [2.75, 3.05) is 0 Å². The number of fused-ring (bicyclic) bond motifs is 1. The second-order valence-corrected chi connectivity index (χ2v) is 2.98. The minimum Gasteiger partial charge on any atom is -0.475 e. The number of hydrogen-bond donors (Lipinski definition) is 1. The molecule has 2 rings (SSSR count). The highest BCUT2D eigenvalue weighted by molar-refractivity contribution is 6.34. The van der Waals surface area contributed by atoms with E-state index in [-0.39, 0.29) is 5.76 Å². The predicted octanol–water partition coefficient (Wildman–Crippen LogP) is 2.78. The molecule has 1 aromatic carbocycles. The monoisotopic (exact) mass is 196 g/mol. The first kappa shape index (κ1) is 8.13. The third-order valence-electron chi connectivity index (χ3n) is 1.71. The second kappa shape index (κ2) is 2.78. The van der Waals surface area contributed by atoms with E-state index >= 15 is 0 Å². The Hall–Kier alpha value is -1.48. The van der Waals surface area contributed by atoms with Crippen molar-refractivity contribution in [3.05, 3.63) is 35.0 Å². The van der Waals surface area contributed by atoms with E-state index in [1.807, 2.05) is 0 Å². The van der Waals surface area contributed by atoms with Crippen LogP contribution in [0.2, 0.25) is 5.02 Å². The zero-order chi connectivity index (χ0) is 9.42. The van der Waals surface area contributed by atoms with Gasteiger partial charge in [-0.3, -0.25) is 0 Å². The van der Waals surface area contributed by atoms with Crippen LogP contribution in [0, 0.1) is 0 Å². The molecule has 2 aromatic rings. The highest BCUT2D eigenvalue weighted by Crippen LogP contribution is 2.26. The number of rotatable bonds is 1. The molecule has 66 valence electrons. The van der Waals surface area contributed by atoms with Crippen LogP contribution in [0.4, 0.5) is 0 Å². The number of para-hydroxylation sites is 1. The first-order valence-electron chi connectivity index (χ1n) is 3.60.